The highest BCUT2D eigenvalue weighted by molar-refractivity contribution is 6.12. The summed E-state index contributed by atoms with van der Waals surface area (Å²) in [5, 5.41) is 15.9. The van der Waals surface area contributed by atoms with Crippen molar-refractivity contribution in [1.82, 2.24) is 5.64 Å². The van der Waals surface area contributed by atoms with Crippen LogP contribution >= 0.6 is 0 Å². The van der Waals surface area contributed by atoms with Crippen molar-refractivity contribution >= 4 is 35.0 Å². The predicted molar refractivity (Wildman–Crippen MR) is 170 cm³/mol. The molecule has 3 aromatic rings. The molecule has 0 aliphatic heterocycles. The number of benzene rings is 3. The molecular formula is C33H40N4O8. The van der Waals surface area contributed by atoms with Crippen LogP contribution in [0.5, 0.6) is 0 Å². The molecule has 0 atom stereocenters. The molecule has 0 aliphatic carbocycles. The number of carbonyl (C=O) groups is 4. The van der Waals surface area contributed by atoms with E-state index in [4.69, 9.17) is 15.6 Å². The van der Waals surface area contributed by atoms with E-state index in [0.717, 1.165) is 6.42 Å². The molecule has 240 valence electrons. The Labute approximate surface area is 262 Å². The molecule has 45 heavy (non-hydrogen) atoms. The zero-order chi connectivity index (χ0) is 33.5. The van der Waals surface area contributed by atoms with E-state index in [1.807, 2.05) is 20.8 Å². The Morgan fingerprint density at radius 1 is 0.844 bits per heavy atom. The predicted octanol–water partition coefficient (Wildman–Crippen LogP) is 5.75. The van der Waals surface area contributed by atoms with E-state index in [0.29, 0.717) is 27.9 Å². The van der Waals surface area contributed by atoms with E-state index >= 15 is 0 Å². The molecule has 0 fully saturated rings. The van der Waals surface area contributed by atoms with Gasteiger partial charge in [0.25, 0.3) is 5.91 Å². The molecule has 0 spiro atoms. The summed E-state index contributed by atoms with van der Waals surface area (Å²) in [5.41, 5.74) is 3.79. The van der Waals surface area contributed by atoms with Gasteiger partial charge in [-0.1, -0.05) is 51.5 Å². The third-order valence-corrected chi connectivity index (χ3v) is 7.13. The van der Waals surface area contributed by atoms with Crippen LogP contribution in [-0.2, 0) is 21.1 Å². The Bertz CT molecular complexity index is 1590. The van der Waals surface area contributed by atoms with Gasteiger partial charge < -0.3 is 20.6 Å². The average Bonchev–Trinajstić information content (AvgIpc) is 2.99. The third kappa shape index (κ3) is 8.96. The topological polar surface area (TPSA) is 178 Å². The number of hydrogen-bond acceptors (Lipinski definition) is 10. The second-order valence-electron chi connectivity index (χ2n) is 12.1. The number of nitrogens with one attached hydrogen (secondary N) is 3. The summed E-state index contributed by atoms with van der Waals surface area (Å²) in [6, 6.07) is 14.0. The van der Waals surface area contributed by atoms with Gasteiger partial charge in [-0.05, 0) is 73.4 Å². The Balaban J connectivity index is 2.07. The lowest BCUT2D eigenvalue weighted by Gasteiger charge is -2.26. The second kappa shape index (κ2) is 14.4. The number of Topliss-reactive ketones (excluding diaryl/α,β-unsaturated/α-hetero) is 1. The molecule has 3 aromatic carbocycles. The van der Waals surface area contributed by atoms with Gasteiger partial charge in [0.2, 0.25) is 0 Å². The first-order chi connectivity index (χ1) is 21.1. The number of carboxylic acid groups (broad SMARTS) is 1. The van der Waals surface area contributed by atoms with E-state index in [1.54, 1.807) is 57.2 Å². The smallest absolute Gasteiger partial charge is 0.356 e. The summed E-state index contributed by atoms with van der Waals surface area (Å²) in [5.74, 6) is 2.13. The molecule has 12 heteroatoms. The zero-order valence-corrected chi connectivity index (χ0v) is 26.5. The minimum Gasteiger partial charge on any atom is -0.478 e. The first-order valence-electron chi connectivity index (χ1n) is 14.2. The fraction of sp³-hybridized carbons (Fsp3) is 0.333. The molecule has 12 nitrogen and oxygen atoms in total. The fourth-order valence-electron chi connectivity index (χ4n) is 4.40. The number of rotatable bonds is 13. The number of carboxylic acids is 1. The monoisotopic (exact) mass is 620 g/mol. The molecular weight excluding hydrogens is 580 g/mol. The lowest BCUT2D eigenvalue weighted by Crippen LogP contribution is -2.29. The Hall–Kier alpha value is -4.62. The molecule has 0 aliphatic rings. The highest BCUT2D eigenvalue weighted by Crippen LogP contribution is 2.31. The Morgan fingerprint density at radius 3 is 2.04 bits per heavy atom. The molecule has 0 unspecified atom stereocenters. The van der Waals surface area contributed by atoms with Crippen molar-refractivity contribution in [2.24, 2.45) is 11.3 Å². The Kier molecular flexibility index (Phi) is 11.2. The number of anilines is 2. The van der Waals surface area contributed by atoms with Crippen LogP contribution in [0.1, 0.15) is 95.0 Å². The van der Waals surface area contributed by atoms with Crippen LogP contribution in [0.2, 0.25) is 0 Å². The van der Waals surface area contributed by atoms with Gasteiger partial charge in [-0.15, -0.1) is 0 Å². The van der Waals surface area contributed by atoms with E-state index in [1.165, 1.54) is 25.3 Å². The minimum absolute atomic E-state index is 0.0416. The summed E-state index contributed by atoms with van der Waals surface area (Å²) in [7, 11) is 1.40. The summed E-state index contributed by atoms with van der Waals surface area (Å²) < 4.78 is 0. The van der Waals surface area contributed by atoms with Crippen LogP contribution in [0.25, 0.3) is 11.1 Å². The molecule has 0 radical (unpaired) electrons. The van der Waals surface area contributed by atoms with E-state index in [2.05, 4.69) is 21.1 Å². The first-order valence-corrected chi connectivity index (χ1v) is 14.2. The largest absolute Gasteiger partial charge is 0.478 e. The second-order valence-corrected chi connectivity index (χ2v) is 12.1. The van der Waals surface area contributed by atoms with Crippen LogP contribution in [0.15, 0.2) is 54.6 Å². The number of nitrogens with two attached hydrogens (primary N) is 1. The quantitative estimate of drug-likeness (QED) is 0.0893. The highest BCUT2D eigenvalue weighted by atomic mass is 16.9. The first kappa shape index (κ1) is 34.9. The number of aromatic carboxylic acids is 1. The molecule has 0 bridgehead atoms. The van der Waals surface area contributed by atoms with Gasteiger partial charge in [-0.2, -0.15) is 5.90 Å². The molecule has 0 heterocycles. The van der Waals surface area contributed by atoms with Gasteiger partial charge >= 0.3 is 11.9 Å². The van der Waals surface area contributed by atoms with Crippen molar-refractivity contribution in [1.29, 1.82) is 0 Å². The maximum atomic E-state index is 13.6. The van der Waals surface area contributed by atoms with Crippen molar-refractivity contribution in [2.45, 2.75) is 60.1 Å². The lowest BCUT2D eigenvalue weighted by molar-refractivity contribution is -0.159. The van der Waals surface area contributed by atoms with Crippen molar-refractivity contribution < 1.29 is 38.8 Å². The van der Waals surface area contributed by atoms with Crippen LogP contribution < -0.4 is 22.2 Å². The number of carbonyl (C=O) groups excluding carboxylic acids is 3. The van der Waals surface area contributed by atoms with Crippen LogP contribution in [-0.4, -0.2) is 41.4 Å². The highest BCUT2D eigenvalue weighted by Gasteiger charge is 2.26. The lowest BCUT2D eigenvalue weighted by atomic mass is 9.83. The van der Waals surface area contributed by atoms with Gasteiger partial charge in [0.05, 0.1) is 30.4 Å². The van der Waals surface area contributed by atoms with Crippen molar-refractivity contribution in [3.05, 3.63) is 82.4 Å². The summed E-state index contributed by atoms with van der Waals surface area (Å²) >= 11 is 0. The van der Waals surface area contributed by atoms with Crippen LogP contribution in [0, 0.1) is 5.41 Å². The molecule has 0 saturated heterocycles. The van der Waals surface area contributed by atoms with E-state index < -0.39 is 23.3 Å². The van der Waals surface area contributed by atoms with Crippen molar-refractivity contribution in [3.8, 4) is 11.1 Å². The molecule has 1 amide bonds. The Morgan fingerprint density at radius 2 is 1.47 bits per heavy atom. The maximum Gasteiger partial charge on any atom is 0.356 e. The maximum absolute atomic E-state index is 13.6. The van der Waals surface area contributed by atoms with Gasteiger partial charge in [0.15, 0.2) is 5.78 Å². The summed E-state index contributed by atoms with van der Waals surface area (Å²) in [6.07, 6.45) is 0.760. The van der Waals surface area contributed by atoms with Gasteiger partial charge in [-0.25, -0.2) is 9.59 Å². The summed E-state index contributed by atoms with van der Waals surface area (Å²) in [6.45, 7) is 11.4. The molecule has 0 aromatic heterocycles. The minimum atomic E-state index is -1.30. The number of ketones is 1. The van der Waals surface area contributed by atoms with Gasteiger partial charge in [0, 0.05) is 27.9 Å². The van der Waals surface area contributed by atoms with Crippen molar-refractivity contribution in [2.75, 3.05) is 17.7 Å². The fourth-order valence-corrected chi connectivity index (χ4v) is 4.40. The molecule has 0 saturated carbocycles. The third-order valence-electron chi connectivity index (χ3n) is 7.13. The van der Waals surface area contributed by atoms with E-state index in [9.17, 15) is 24.3 Å². The van der Waals surface area contributed by atoms with E-state index in [-0.39, 0.29) is 40.3 Å². The summed E-state index contributed by atoms with van der Waals surface area (Å²) in [4.78, 5) is 65.8. The number of amides is 1. The number of hydrogen-bond donors (Lipinski definition) is 5. The van der Waals surface area contributed by atoms with Gasteiger partial charge in [0.1, 0.15) is 0 Å². The molecule has 3 rings (SSSR count). The van der Waals surface area contributed by atoms with Crippen LogP contribution in [0.4, 0.5) is 11.4 Å². The molecule has 6 N–H and O–H groups in total. The van der Waals surface area contributed by atoms with Crippen molar-refractivity contribution in [3.63, 3.8) is 0 Å². The average molecular weight is 621 g/mol. The SMILES string of the molecule is CCC(C)(C)Nc1cc(NC(=O)c2cc(-c3ccc(CONOC)c(C(=O)C(C)(C)C)c3)ccc2C(=O)O)cc(C(=O)ON)c1. The zero-order valence-electron chi connectivity index (χ0n) is 26.5. The normalized spacial score (nSPS) is 11.6. The standard InChI is InChI=1S/C33H40N4O8/c1-8-33(5,6)36-24-14-22(31(42)45-34)13-23(17-24)35-29(39)27-16-20(11-12-25(27)30(40)41)19-9-10-21(18-44-37-43-7)26(15-19)28(38)32(2,3)4/h9-17,36-37H,8,18,34H2,1-7H3,(H,35,39)(H,40,41). The van der Waals surface area contributed by atoms with Crippen LogP contribution in [0.3, 0.4) is 0 Å². The van der Waals surface area contributed by atoms with Gasteiger partial charge in [-0.3, -0.25) is 19.3 Å².